The number of aliphatic hydroxyl groups excluding tert-OH is 1. The monoisotopic (exact) mass is 314 g/mol. The van der Waals surface area contributed by atoms with Crippen LogP contribution in [0.15, 0.2) is 36.4 Å². The molecule has 0 spiro atoms. The van der Waals surface area contributed by atoms with Gasteiger partial charge in [0.2, 0.25) is 0 Å². The Morgan fingerprint density at radius 1 is 1.25 bits per heavy atom. The van der Waals surface area contributed by atoms with Crippen molar-refractivity contribution >= 4 is 23.2 Å². The maximum Gasteiger partial charge on any atom is 0.148 e. The van der Waals surface area contributed by atoms with E-state index in [9.17, 15) is 9.50 Å². The highest BCUT2D eigenvalue weighted by molar-refractivity contribution is 6.31. The van der Waals surface area contributed by atoms with Crippen molar-refractivity contribution < 1.29 is 14.2 Å². The Balaban J connectivity index is 2.21. The second-order valence-corrected chi connectivity index (χ2v) is 5.20. The van der Waals surface area contributed by atoms with Crippen LogP contribution < -0.4 is 4.74 Å². The van der Waals surface area contributed by atoms with Crippen LogP contribution in [-0.2, 0) is 6.61 Å². The molecule has 0 aliphatic rings. The molecular formula is C15H13Cl2FO2. The highest BCUT2D eigenvalue weighted by atomic mass is 35.5. The molecule has 0 fully saturated rings. The molecule has 106 valence electrons. The van der Waals surface area contributed by atoms with Gasteiger partial charge < -0.3 is 9.84 Å². The number of hydrogen-bond donors (Lipinski definition) is 1. The van der Waals surface area contributed by atoms with Crippen LogP contribution in [0, 0.1) is 5.82 Å². The highest BCUT2D eigenvalue weighted by Gasteiger charge is 2.12. The van der Waals surface area contributed by atoms with Crippen molar-refractivity contribution in [3.63, 3.8) is 0 Å². The third-order valence-electron chi connectivity index (χ3n) is 2.84. The average Bonchev–Trinajstić information content (AvgIpc) is 2.41. The number of halogens is 3. The lowest BCUT2D eigenvalue weighted by Crippen LogP contribution is -2.02. The zero-order valence-electron chi connectivity index (χ0n) is 10.7. The largest absolute Gasteiger partial charge is 0.488 e. The second-order valence-electron chi connectivity index (χ2n) is 4.36. The fourth-order valence-corrected chi connectivity index (χ4v) is 2.17. The summed E-state index contributed by atoms with van der Waals surface area (Å²) in [5.41, 5.74) is 0.906. The molecule has 2 aromatic rings. The first kappa shape index (κ1) is 15.1. The summed E-state index contributed by atoms with van der Waals surface area (Å²) in [7, 11) is 0. The summed E-state index contributed by atoms with van der Waals surface area (Å²) in [4.78, 5) is 0. The van der Waals surface area contributed by atoms with Gasteiger partial charge in [-0.3, -0.25) is 0 Å². The fraction of sp³-hybridized carbons (Fsp3) is 0.200. The van der Waals surface area contributed by atoms with Gasteiger partial charge in [0.05, 0.1) is 11.1 Å². The third kappa shape index (κ3) is 3.42. The van der Waals surface area contributed by atoms with E-state index in [1.807, 2.05) is 0 Å². The first-order valence-electron chi connectivity index (χ1n) is 6.02. The van der Waals surface area contributed by atoms with E-state index in [0.29, 0.717) is 21.9 Å². The predicted molar refractivity (Wildman–Crippen MR) is 77.8 cm³/mol. The third-order valence-corrected chi connectivity index (χ3v) is 3.36. The van der Waals surface area contributed by atoms with E-state index in [-0.39, 0.29) is 11.6 Å². The molecule has 1 N–H and O–H groups in total. The van der Waals surface area contributed by atoms with E-state index in [1.54, 1.807) is 37.3 Å². The summed E-state index contributed by atoms with van der Waals surface area (Å²) in [6.45, 7) is 1.63. The van der Waals surface area contributed by atoms with Crippen LogP contribution in [0.1, 0.15) is 24.2 Å². The molecule has 0 aliphatic heterocycles. The SMILES string of the molecule is C[C@H](O)c1cc(Cl)ccc1OCc1cccc(Cl)c1F. The van der Waals surface area contributed by atoms with Crippen molar-refractivity contribution in [3.05, 3.63) is 63.4 Å². The lowest BCUT2D eigenvalue weighted by atomic mass is 10.1. The topological polar surface area (TPSA) is 29.5 Å². The lowest BCUT2D eigenvalue weighted by molar-refractivity contribution is 0.190. The standard InChI is InChI=1S/C15H13Cl2FO2/c1-9(19)12-7-11(16)5-6-14(12)20-8-10-3-2-4-13(17)15(10)18/h2-7,9,19H,8H2,1H3/t9-/m0/s1. The average molecular weight is 315 g/mol. The first-order valence-corrected chi connectivity index (χ1v) is 6.78. The maximum atomic E-state index is 13.7. The van der Waals surface area contributed by atoms with Gasteiger partial charge in [-0.15, -0.1) is 0 Å². The Kier molecular flexibility index (Phi) is 4.86. The highest BCUT2D eigenvalue weighted by Crippen LogP contribution is 2.29. The Hall–Kier alpha value is -1.29. The van der Waals surface area contributed by atoms with Crippen molar-refractivity contribution in [1.29, 1.82) is 0 Å². The molecule has 1 atom stereocenters. The Morgan fingerprint density at radius 2 is 2.00 bits per heavy atom. The van der Waals surface area contributed by atoms with Crippen LogP contribution >= 0.6 is 23.2 Å². The van der Waals surface area contributed by atoms with E-state index in [0.717, 1.165) is 0 Å². The molecule has 20 heavy (non-hydrogen) atoms. The molecule has 5 heteroatoms. The van der Waals surface area contributed by atoms with Gasteiger partial charge in [-0.05, 0) is 31.2 Å². The lowest BCUT2D eigenvalue weighted by Gasteiger charge is -2.14. The summed E-state index contributed by atoms with van der Waals surface area (Å²) < 4.78 is 19.3. The van der Waals surface area contributed by atoms with Gasteiger partial charge in [0.15, 0.2) is 0 Å². The molecule has 0 saturated carbocycles. The molecule has 0 unspecified atom stereocenters. The van der Waals surface area contributed by atoms with Crippen LogP contribution in [0.4, 0.5) is 4.39 Å². The van der Waals surface area contributed by atoms with E-state index in [1.165, 1.54) is 6.07 Å². The number of aliphatic hydroxyl groups is 1. The Bertz CT molecular complexity index is 615. The summed E-state index contributed by atoms with van der Waals surface area (Å²) >= 11 is 11.6. The minimum atomic E-state index is -0.729. The predicted octanol–water partition coefficient (Wildman–Crippen LogP) is 4.76. The number of rotatable bonds is 4. The van der Waals surface area contributed by atoms with Gasteiger partial charge in [-0.25, -0.2) is 4.39 Å². The van der Waals surface area contributed by atoms with Crippen molar-refractivity contribution in [2.75, 3.05) is 0 Å². The molecule has 2 nitrogen and oxygen atoms in total. The van der Waals surface area contributed by atoms with E-state index in [2.05, 4.69) is 0 Å². The minimum absolute atomic E-state index is 0.0216. The molecule has 2 aromatic carbocycles. The van der Waals surface area contributed by atoms with Gasteiger partial charge in [-0.2, -0.15) is 0 Å². The molecule has 0 amide bonds. The summed E-state index contributed by atoms with van der Waals surface area (Å²) in [5, 5.41) is 10.2. The summed E-state index contributed by atoms with van der Waals surface area (Å²) in [6, 6.07) is 9.64. The van der Waals surface area contributed by atoms with Crippen molar-refractivity contribution in [1.82, 2.24) is 0 Å². The fourth-order valence-electron chi connectivity index (χ4n) is 1.79. The molecule has 0 radical (unpaired) electrons. The second kappa shape index (κ2) is 6.44. The van der Waals surface area contributed by atoms with Crippen LogP contribution in [0.3, 0.4) is 0 Å². The normalized spacial score (nSPS) is 12.2. The van der Waals surface area contributed by atoms with Gasteiger partial charge in [0.1, 0.15) is 18.2 Å². The minimum Gasteiger partial charge on any atom is -0.488 e. The first-order chi connectivity index (χ1) is 9.49. The van der Waals surface area contributed by atoms with E-state index < -0.39 is 11.9 Å². The van der Waals surface area contributed by atoms with Crippen molar-refractivity contribution in [2.24, 2.45) is 0 Å². The maximum absolute atomic E-state index is 13.7. The zero-order valence-corrected chi connectivity index (χ0v) is 12.2. The molecule has 0 bridgehead atoms. The molecule has 0 heterocycles. The molecule has 0 aromatic heterocycles. The smallest absolute Gasteiger partial charge is 0.148 e. The van der Waals surface area contributed by atoms with Gasteiger partial charge in [-0.1, -0.05) is 35.3 Å². The summed E-state index contributed by atoms with van der Waals surface area (Å²) in [6.07, 6.45) is -0.729. The van der Waals surface area contributed by atoms with E-state index in [4.69, 9.17) is 27.9 Å². The summed E-state index contributed by atoms with van der Waals surface area (Å²) in [5.74, 6) is -0.0366. The Morgan fingerprint density at radius 3 is 2.70 bits per heavy atom. The van der Waals surface area contributed by atoms with Crippen LogP contribution in [0.5, 0.6) is 5.75 Å². The number of ether oxygens (including phenoxy) is 1. The number of benzene rings is 2. The Labute approximate surface area is 126 Å². The van der Waals surface area contributed by atoms with Gasteiger partial charge in [0, 0.05) is 16.1 Å². The van der Waals surface area contributed by atoms with Gasteiger partial charge >= 0.3 is 0 Å². The molecule has 0 saturated heterocycles. The van der Waals surface area contributed by atoms with Crippen molar-refractivity contribution in [3.8, 4) is 5.75 Å². The van der Waals surface area contributed by atoms with Crippen molar-refractivity contribution in [2.45, 2.75) is 19.6 Å². The van der Waals surface area contributed by atoms with Crippen LogP contribution in [-0.4, -0.2) is 5.11 Å². The van der Waals surface area contributed by atoms with Crippen LogP contribution in [0.25, 0.3) is 0 Å². The zero-order chi connectivity index (χ0) is 14.7. The molecule has 0 aliphatic carbocycles. The molecular weight excluding hydrogens is 302 g/mol. The molecule has 2 rings (SSSR count). The van der Waals surface area contributed by atoms with E-state index >= 15 is 0 Å². The van der Waals surface area contributed by atoms with Crippen LogP contribution in [0.2, 0.25) is 10.0 Å². The van der Waals surface area contributed by atoms with Gasteiger partial charge in [0.25, 0.3) is 0 Å². The quantitative estimate of drug-likeness (QED) is 0.881. The number of hydrogen-bond acceptors (Lipinski definition) is 2.